The molecule has 0 heterocycles. The van der Waals surface area contributed by atoms with Gasteiger partial charge in [-0.05, 0) is 40.8 Å². The molecule has 0 saturated carbocycles. The largest absolute Gasteiger partial charge is 0.494 e. The summed E-state index contributed by atoms with van der Waals surface area (Å²) in [6.07, 6.45) is 0.959. The van der Waals surface area contributed by atoms with Gasteiger partial charge in [0, 0.05) is 22.3 Å². The van der Waals surface area contributed by atoms with Crippen molar-refractivity contribution in [3.05, 3.63) is 138 Å². The van der Waals surface area contributed by atoms with Crippen LogP contribution in [0.15, 0.2) is 115 Å². The predicted molar refractivity (Wildman–Crippen MR) is 140 cm³/mol. The lowest BCUT2D eigenvalue weighted by molar-refractivity contribution is -0.108. The SMILES string of the molecule is CCCOc1ccc(C2=C(c3ccccc3)C(=O)C(c3ccccc3)=C2c2ccccc2)cc1. The van der Waals surface area contributed by atoms with E-state index in [1.165, 1.54) is 0 Å². The Hall–Kier alpha value is -4.17. The van der Waals surface area contributed by atoms with Gasteiger partial charge < -0.3 is 4.74 Å². The Balaban J connectivity index is 1.78. The lowest BCUT2D eigenvalue weighted by Crippen LogP contribution is -2.01. The highest BCUT2D eigenvalue weighted by molar-refractivity contribution is 6.59. The molecule has 0 saturated heterocycles. The number of allylic oxidation sites excluding steroid dienone is 4. The first kappa shape index (κ1) is 21.7. The van der Waals surface area contributed by atoms with Crippen molar-refractivity contribution in [3.8, 4) is 5.75 Å². The quantitative estimate of drug-likeness (QED) is 0.295. The highest BCUT2D eigenvalue weighted by Gasteiger charge is 2.35. The molecule has 0 bridgehead atoms. The van der Waals surface area contributed by atoms with Crippen molar-refractivity contribution < 1.29 is 9.53 Å². The average Bonchev–Trinajstić information content (AvgIpc) is 3.22. The molecule has 0 fully saturated rings. The molecule has 0 N–H and O–H groups in total. The summed E-state index contributed by atoms with van der Waals surface area (Å²) in [5, 5.41) is 0. The molecule has 4 aromatic rings. The lowest BCUT2D eigenvalue weighted by atomic mass is 9.89. The van der Waals surface area contributed by atoms with Gasteiger partial charge in [0.25, 0.3) is 0 Å². The molecule has 0 unspecified atom stereocenters. The van der Waals surface area contributed by atoms with Crippen LogP contribution < -0.4 is 4.74 Å². The second-order valence-electron chi connectivity index (χ2n) is 8.30. The second kappa shape index (κ2) is 9.76. The first-order valence-corrected chi connectivity index (χ1v) is 11.7. The Morgan fingerprint density at radius 3 is 1.29 bits per heavy atom. The van der Waals surface area contributed by atoms with E-state index < -0.39 is 0 Å². The van der Waals surface area contributed by atoms with Crippen LogP contribution in [0.1, 0.15) is 35.6 Å². The van der Waals surface area contributed by atoms with Gasteiger partial charge in [-0.3, -0.25) is 4.79 Å². The standard InChI is InChI=1S/C32H26O2/c1-2-22-34-27-20-18-26(19-21-27)29-28(23-12-6-3-7-13-23)30(24-14-8-4-9-15-24)32(33)31(29)25-16-10-5-11-17-25/h3-21H,2,22H2,1H3. The maximum Gasteiger partial charge on any atom is 0.195 e. The third-order valence-corrected chi connectivity index (χ3v) is 6.01. The number of benzene rings is 4. The van der Waals surface area contributed by atoms with Gasteiger partial charge in [-0.15, -0.1) is 0 Å². The lowest BCUT2D eigenvalue weighted by Gasteiger charge is -2.14. The van der Waals surface area contributed by atoms with Crippen molar-refractivity contribution in [3.63, 3.8) is 0 Å². The summed E-state index contributed by atoms with van der Waals surface area (Å²) in [4.78, 5) is 14.1. The van der Waals surface area contributed by atoms with Gasteiger partial charge in [0.05, 0.1) is 6.61 Å². The summed E-state index contributed by atoms with van der Waals surface area (Å²) in [5.74, 6) is 0.892. The van der Waals surface area contributed by atoms with E-state index in [9.17, 15) is 4.79 Å². The molecule has 2 heteroatoms. The zero-order valence-corrected chi connectivity index (χ0v) is 19.2. The molecule has 2 nitrogen and oxygen atoms in total. The molecule has 0 radical (unpaired) electrons. The fraction of sp³-hybridized carbons (Fsp3) is 0.0938. The Kier molecular flexibility index (Phi) is 6.22. The van der Waals surface area contributed by atoms with Gasteiger partial charge in [0.2, 0.25) is 0 Å². The zero-order valence-electron chi connectivity index (χ0n) is 19.2. The molecule has 4 aromatic carbocycles. The molecule has 1 aliphatic rings. The number of carbonyl (C=O) groups excluding carboxylic acids is 1. The molecule has 5 rings (SSSR count). The van der Waals surface area contributed by atoms with Crippen molar-refractivity contribution in [1.82, 2.24) is 0 Å². The number of ketones is 1. The molecule has 0 aliphatic heterocycles. The van der Waals surface area contributed by atoms with Crippen LogP contribution in [0.3, 0.4) is 0 Å². The molecular weight excluding hydrogens is 416 g/mol. The van der Waals surface area contributed by atoms with Crippen LogP contribution in [0.4, 0.5) is 0 Å². The molecular formula is C32H26O2. The van der Waals surface area contributed by atoms with Gasteiger partial charge in [-0.1, -0.05) is 110 Å². The normalized spacial score (nSPS) is 13.5. The van der Waals surface area contributed by atoms with Gasteiger partial charge >= 0.3 is 0 Å². The van der Waals surface area contributed by atoms with Crippen molar-refractivity contribution in [1.29, 1.82) is 0 Å². The van der Waals surface area contributed by atoms with E-state index in [-0.39, 0.29) is 5.78 Å². The predicted octanol–water partition coefficient (Wildman–Crippen LogP) is 7.58. The minimum absolute atomic E-state index is 0.0533. The van der Waals surface area contributed by atoms with E-state index in [4.69, 9.17) is 4.74 Å². The van der Waals surface area contributed by atoms with E-state index in [0.29, 0.717) is 6.61 Å². The summed E-state index contributed by atoms with van der Waals surface area (Å²) in [6.45, 7) is 2.78. The van der Waals surface area contributed by atoms with Crippen LogP contribution in [0.25, 0.3) is 22.3 Å². The monoisotopic (exact) mass is 442 g/mol. The van der Waals surface area contributed by atoms with Gasteiger partial charge in [0.15, 0.2) is 5.78 Å². The number of carbonyl (C=O) groups is 1. The van der Waals surface area contributed by atoms with Crippen molar-refractivity contribution >= 4 is 28.1 Å². The summed E-state index contributed by atoms with van der Waals surface area (Å²) in [7, 11) is 0. The molecule has 0 atom stereocenters. The topological polar surface area (TPSA) is 26.3 Å². The fourth-order valence-corrected chi connectivity index (χ4v) is 4.48. The fourth-order valence-electron chi connectivity index (χ4n) is 4.48. The summed E-state index contributed by atoms with van der Waals surface area (Å²) < 4.78 is 5.81. The van der Waals surface area contributed by atoms with Gasteiger partial charge in [-0.25, -0.2) is 0 Å². The number of rotatable bonds is 7. The van der Waals surface area contributed by atoms with Crippen LogP contribution in [0.5, 0.6) is 5.75 Å². The van der Waals surface area contributed by atoms with E-state index in [0.717, 1.165) is 56.7 Å². The molecule has 34 heavy (non-hydrogen) atoms. The van der Waals surface area contributed by atoms with Crippen molar-refractivity contribution in [2.24, 2.45) is 0 Å². The maximum absolute atomic E-state index is 14.1. The number of hydrogen-bond acceptors (Lipinski definition) is 2. The zero-order chi connectivity index (χ0) is 23.3. The van der Waals surface area contributed by atoms with E-state index in [1.54, 1.807) is 0 Å². The molecule has 0 amide bonds. The Bertz CT molecular complexity index is 1350. The Labute approximate surface area is 200 Å². The first-order valence-electron chi connectivity index (χ1n) is 11.7. The summed E-state index contributed by atoms with van der Waals surface area (Å²) >= 11 is 0. The number of ether oxygens (including phenoxy) is 1. The number of hydrogen-bond donors (Lipinski definition) is 0. The van der Waals surface area contributed by atoms with Gasteiger partial charge in [-0.2, -0.15) is 0 Å². The third kappa shape index (κ3) is 4.11. The van der Waals surface area contributed by atoms with Crippen LogP contribution in [0.2, 0.25) is 0 Å². The average molecular weight is 443 g/mol. The Morgan fingerprint density at radius 2 is 0.882 bits per heavy atom. The molecule has 0 spiro atoms. The van der Waals surface area contributed by atoms with Gasteiger partial charge in [0.1, 0.15) is 5.75 Å². The minimum Gasteiger partial charge on any atom is -0.494 e. The number of Topliss-reactive ketones (excluding diaryl/α,β-unsaturated/α-hetero) is 1. The second-order valence-corrected chi connectivity index (χ2v) is 8.30. The first-order chi connectivity index (χ1) is 16.8. The Morgan fingerprint density at radius 1 is 0.500 bits per heavy atom. The summed E-state index contributed by atoms with van der Waals surface area (Å²) in [6, 6.07) is 38.3. The summed E-state index contributed by atoms with van der Waals surface area (Å²) in [5.41, 5.74) is 7.29. The van der Waals surface area contributed by atoms with E-state index in [1.807, 2.05) is 91.0 Å². The molecule has 0 aromatic heterocycles. The van der Waals surface area contributed by atoms with E-state index in [2.05, 4.69) is 31.2 Å². The third-order valence-electron chi connectivity index (χ3n) is 6.01. The van der Waals surface area contributed by atoms with Crippen molar-refractivity contribution in [2.45, 2.75) is 13.3 Å². The van der Waals surface area contributed by atoms with Crippen LogP contribution in [-0.4, -0.2) is 12.4 Å². The smallest absolute Gasteiger partial charge is 0.195 e. The van der Waals surface area contributed by atoms with E-state index >= 15 is 0 Å². The highest BCUT2D eigenvalue weighted by Crippen LogP contribution is 2.49. The molecule has 166 valence electrons. The minimum atomic E-state index is 0.0533. The molecule has 1 aliphatic carbocycles. The van der Waals surface area contributed by atoms with Crippen LogP contribution in [0, 0.1) is 0 Å². The van der Waals surface area contributed by atoms with Crippen molar-refractivity contribution in [2.75, 3.05) is 6.61 Å². The highest BCUT2D eigenvalue weighted by atomic mass is 16.5. The van der Waals surface area contributed by atoms with Crippen LogP contribution >= 0.6 is 0 Å². The maximum atomic E-state index is 14.1. The van der Waals surface area contributed by atoms with Crippen LogP contribution in [-0.2, 0) is 4.79 Å².